The average molecular weight is 222 g/mol. The van der Waals surface area contributed by atoms with Crippen molar-refractivity contribution in [2.75, 3.05) is 0 Å². The molecule has 2 rings (SSSR count). The standard InChI is InChI=1S/C11H13NO2S/c1-7-11(2,3)9-6-8(15(13)14)4-5-10(9)12-7/h4-6H,1-3H3,(H,13,14)/p-1. The van der Waals surface area contributed by atoms with E-state index in [1.165, 1.54) is 0 Å². The third kappa shape index (κ3) is 1.54. The second-order valence-corrected chi connectivity index (χ2v) is 5.18. The van der Waals surface area contributed by atoms with Crippen LogP contribution in [0.3, 0.4) is 0 Å². The average Bonchev–Trinajstić information content (AvgIpc) is 2.38. The molecule has 0 spiro atoms. The molecular formula is C11H12NO2S-. The number of aliphatic imine (C=N–C) groups is 1. The molecule has 0 aliphatic carbocycles. The van der Waals surface area contributed by atoms with Crippen LogP contribution in [0.25, 0.3) is 0 Å². The fourth-order valence-electron chi connectivity index (χ4n) is 1.73. The monoisotopic (exact) mass is 222 g/mol. The Balaban J connectivity index is 2.60. The Hall–Kier alpha value is -1.00. The van der Waals surface area contributed by atoms with E-state index >= 15 is 0 Å². The van der Waals surface area contributed by atoms with Gasteiger partial charge < -0.3 is 4.55 Å². The van der Waals surface area contributed by atoms with Gasteiger partial charge in [0, 0.05) is 16.0 Å². The lowest BCUT2D eigenvalue weighted by molar-refractivity contribution is 0.537. The molecule has 1 aliphatic heterocycles. The van der Waals surface area contributed by atoms with Crippen LogP contribution in [0.2, 0.25) is 0 Å². The Morgan fingerprint density at radius 1 is 1.40 bits per heavy atom. The van der Waals surface area contributed by atoms with Gasteiger partial charge in [-0.1, -0.05) is 13.8 Å². The number of nitrogens with zero attached hydrogens (tertiary/aromatic N) is 1. The largest absolute Gasteiger partial charge is 0.768 e. The SMILES string of the molecule is CC1=Nc2ccc(S(=O)[O-])cc2C1(C)C. The Morgan fingerprint density at radius 3 is 2.67 bits per heavy atom. The van der Waals surface area contributed by atoms with Crippen molar-refractivity contribution in [1.29, 1.82) is 0 Å². The minimum atomic E-state index is -2.17. The Morgan fingerprint density at radius 2 is 2.07 bits per heavy atom. The topological polar surface area (TPSA) is 52.5 Å². The van der Waals surface area contributed by atoms with E-state index in [1.54, 1.807) is 18.2 Å². The van der Waals surface area contributed by atoms with E-state index in [4.69, 9.17) is 0 Å². The van der Waals surface area contributed by atoms with Gasteiger partial charge in [-0.2, -0.15) is 0 Å². The summed E-state index contributed by atoms with van der Waals surface area (Å²) in [6, 6.07) is 5.05. The summed E-state index contributed by atoms with van der Waals surface area (Å²) in [7, 11) is 0. The highest BCUT2D eigenvalue weighted by Crippen LogP contribution is 2.40. The molecule has 0 radical (unpaired) electrons. The van der Waals surface area contributed by atoms with Crippen molar-refractivity contribution in [3.63, 3.8) is 0 Å². The predicted molar refractivity (Wildman–Crippen MR) is 59.4 cm³/mol. The van der Waals surface area contributed by atoms with E-state index in [-0.39, 0.29) is 5.41 Å². The lowest BCUT2D eigenvalue weighted by Crippen LogP contribution is -2.22. The van der Waals surface area contributed by atoms with E-state index in [2.05, 4.69) is 18.8 Å². The van der Waals surface area contributed by atoms with Crippen LogP contribution in [-0.2, 0) is 16.5 Å². The quantitative estimate of drug-likeness (QED) is 0.685. The van der Waals surface area contributed by atoms with Crippen molar-refractivity contribution < 1.29 is 8.76 Å². The van der Waals surface area contributed by atoms with Crippen molar-refractivity contribution in [2.45, 2.75) is 31.1 Å². The summed E-state index contributed by atoms with van der Waals surface area (Å²) in [5.74, 6) is 0. The number of benzene rings is 1. The minimum Gasteiger partial charge on any atom is -0.768 e. The maximum absolute atomic E-state index is 10.9. The first-order valence-corrected chi connectivity index (χ1v) is 5.80. The highest BCUT2D eigenvalue weighted by atomic mass is 32.2. The molecule has 3 nitrogen and oxygen atoms in total. The zero-order valence-electron chi connectivity index (χ0n) is 8.90. The molecule has 0 bridgehead atoms. The van der Waals surface area contributed by atoms with Crippen LogP contribution in [0.1, 0.15) is 26.3 Å². The number of hydrogen-bond acceptors (Lipinski definition) is 3. The maximum Gasteiger partial charge on any atom is 0.0671 e. The van der Waals surface area contributed by atoms with Gasteiger partial charge in [0.2, 0.25) is 0 Å². The summed E-state index contributed by atoms with van der Waals surface area (Å²) >= 11 is -2.17. The summed E-state index contributed by atoms with van der Waals surface area (Å²) in [5.41, 5.74) is 2.73. The summed E-state index contributed by atoms with van der Waals surface area (Å²) in [6.07, 6.45) is 0. The lowest BCUT2D eigenvalue weighted by atomic mass is 9.82. The van der Waals surface area contributed by atoms with E-state index < -0.39 is 11.1 Å². The van der Waals surface area contributed by atoms with Crippen molar-refractivity contribution in [3.8, 4) is 0 Å². The van der Waals surface area contributed by atoms with Gasteiger partial charge in [-0.15, -0.1) is 0 Å². The molecule has 1 aromatic rings. The van der Waals surface area contributed by atoms with Crippen LogP contribution in [-0.4, -0.2) is 14.5 Å². The second-order valence-electron chi connectivity index (χ2n) is 4.24. The Bertz CT molecular complexity index is 477. The van der Waals surface area contributed by atoms with Gasteiger partial charge in [0.1, 0.15) is 0 Å². The summed E-state index contributed by atoms with van der Waals surface area (Å²) in [6.45, 7) is 6.07. The molecule has 0 saturated carbocycles. The number of fused-ring (bicyclic) bond motifs is 1. The molecule has 1 unspecified atom stereocenters. The van der Waals surface area contributed by atoms with Gasteiger partial charge in [-0.25, -0.2) is 0 Å². The fourth-order valence-corrected chi connectivity index (χ4v) is 2.13. The molecular weight excluding hydrogens is 210 g/mol. The molecule has 0 N–H and O–H groups in total. The molecule has 1 aliphatic rings. The first kappa shape index (κ1) is 10.5. The third-order valence-corrected chi connectivity index (χ3v) is 3.67. The molecule has 4 heteroatoms. The smallest absolute Gasteiger partial charge is 0.0671 e. The minimum absolute atomic E-state index is 0.162. The fraction of sp³-hybridized carbons (Fsp3) is 0.364. The summed E-state index contributed by atoms with van der Waals surface area (Å²) in [5, 5.41) is 0. The van der Waals surface area contributed by atoms with Crippen molar-refractivity contribution in [2.24, 2.45) is 4.99 Å². The third-order valence-electron chi connectivity index (χ3n) is 3.03. The van der Waals surface area contributed by atoms with Crippen LogP contribution < -0.4 is 0 Å². The van der Waals surface area contributed by atoms with E-state index in [0.29, 0.717) is 4.90 Å². The van der Waals surface area contributed by atoms with Gasteiger partial charge in [-0.05, 0) is 41.8 Å². The number of hydrogen-bond donors (Lipinski definition) is 0. The second kappa shape index (κ2) is 3.25. The first-order chi connectivity index (χ1) is 6.93. The lowest BCUT2D eigenvalue weighted by Gasteiger charge is -2.20. The molecule has 0 aromatic heterocycles. The highest BCUT2D eigenvalue weighted by Gasteiger charge is 2.32. The maximum atomic E-state index is 10.9. The molecule has 15 heavy (non-hydrogen) atoms. The normalized spacial score (nSPS) is 19.6. The summed E-state index contributed by atoms with van der Waals surface area (Å²) in [4.78, 5) is 4.75. The molecule has 1 atom stereocenters. The summed E-state index contributed by atoms with van der Waals surface area (Å²) < 4.78 is 21.7. The van der Waals surface area contributed by atoms with E-state index in [1.807, 2.05) is 6.92 Å². The first-order valence-electron chi connectivity index (χ1n) is 4.72. The zero-order valence-corrected chi connectivity index (χ0v) is 9.72. The molecule has 1 heterocycles. The van der Waals surface area contributed by atoms with Gasteiger partial charge in [0.05, 0.1) is 5.69 Å². The molecule has 80 valence electrons. The predicted octanol–water partition coefficient (Wildman–Crippen LogP) is 2.31. The highest BCUT2D eigenvalue weighted by molar-refractivity contribution is 7.79. The molecule has 0 fully saturated rings. The van der Waals surface area contributed by atoms with E-state index in [9.17, 15) is 8.76 Å². The van der Waals surface area contributed by atoms with Crippen LogP contribution in [0.15, 0.2) is 28.1 Å². The van der Waals surface area contributed by atoms with Crippen LogP contribution in [0.4, 0.5) is 5.69 Å². The Labute approximate surface area is 91.5 Å². The zero-order chi connectivity index (χ0) is 11.2. The van der Waals surface area contributed by atoms with Crippen LogP contribution in [0.5, 0.6) is 0 Å². The van der Waals surface area contributed by atoms with Crippen LogP contribution in [0, 0.1) is 0 Å². The van der Waals surface area contributed by atoms with Crippen molar-refractivity contribution >= 4 is 22.5 Å². The van der Waals surface area contributed by atoms with Crippen molar-refractivity contribution in [1.82, 2.24) is 0 Å². The molecule has 0 saturated heterocycles. The molecule has 0 amide bonds. The van der Waals surface area contributed by atoms with Crippen molar-refractivity contribution in [3.05, 3.63) is 23.8 Å². The van der Waals surface area contributed by atoms with E-state index in [0.717, 1.165) is 17.0 Å². The van der Waals surface area contributed by atoms with Gasteiger partial charge >= 0.3 is 0 Å². The van der Waals surface area contributed by atoms with Gasteiger partial charge in [-0.3, -0.25) is 9.20 Å². The van der Waals surface area contributed by atoms with Crippen LogP contribution >= 0.6 is 0 Å². The Kier molecular flexibility index (Phi) is 2.28. The van der Waals surface area contributed by atoms with Gasteiger partial charge in [0.15, 0.2) is 0 Å². The number of rotatable bonds is 1. The molecule has 1 aromatic carbocycles. The van der Waals surface area contributed by atoms with Gasteiger partial charge in [0.25, 0.3) is 0 Å².